The molecule has 3 N–H and O–H groups in total. The first-order valence-corrected chi connectivity index (χ1v) is 5.43. The predicted octanol–water partition coefficient (Wildman–Crippen LogP) is 1.36. The molecule has 92 valence electrons. The van der Waals surface area contributed by atoms with Crippen LogP contribution in [0.25, 0.3) is 0 Å². The molecule has 0 fully saturated rings. The van der Waals surface area contributed by atoms with Gasteiger partial charge in [0, 0.05) is 25.5 Å². The Kier molecular flexibility index (Phi) is 17.3. The highest BCUT2D eigenvalue weighted by atomic mass is 16.1. The molecule has 0 aliphatic rings. The minimum absolute atomic E-state index is 0.139. The maximum absolute atomic E-state index is 9.05. The Morgan fingerprint density at radius 1 is 1.50 bits per heavy atom. The van der Waals surface area contributed by atoms with E-state index in [0.29, 0.717) is 6.29 Å². The van der Waals surface area contributed by atoms with Crippen LogP contribution in [0, 0.1) is 0 Å². The van der Waals surface area contributed by atoms with Crippen molar-refractivity contribution in [3.8, 4) is 0 Å². The number of aldehydes is 1. The second-order valence-corrected chi connectivity index (χ2v) is 3.00. The van der Waals surface area contributed by atoms with Gasteiger partial charge in [-0.2, -0.15) is 0 Å². The topological polar surface area (TPSA) is 68.0 Å². The van der Waals surface area contributed by atoms with Crippen molar-refractivity contribution in [3.63, 3.8) is 0 Å². The Morgan fingerprint density at radius 2 is 2.06 bits per heavy atom. The zero-order chi connectivity index (χ0) is 12.6. The first kappa shape index (κ1) is 17.1. The summed E-state index contributed by atoms with van der Waals surface area (Å²) in [5, 5.41) is 3.04. The number of carbonyl (C=O) groups is 1. The molecule has 0 amide bonds. The van der Waals surface area contributed by atoms with Crippen LogP contribution >= 0.6 is 0 Å². The second-order valence-electron chi connectivity index (χ2n) is 3.00. The average molecular weight is 225 g/mol. The fourth-order valence-electron chi connectivity index (χ4n) is 0.707. The van der Waals surface area contributed by atoms with E-state index in [4.69, 9.17) is 4.79 Å². The van der Waals surface area contributed by atoms with Gasteiger partial charge in [-0.3, -0.25) is 4.98 Å². The third-order valence-corrected chi connectivity index (χ3v) is 1.20. The molecule has 0 spiro atoms. The Morgan fingerprint density at radius 3 is 2.38 bits per heavy atom. The number of hydrogen-bond donors (Lipinski definition) is 2. The molecule has 0 saturated carbocycles. The molecule has 1 heterocycles. The van der Waals surface area contributed by atoms with Crippen LogP contribution in [0.15, 0.2) is 24.5 Å². The molecule has 0 radical (unpaired) electrons. The summed E-state index contributed by atoms with van der Waals surface area (Å²) >= 11 is 0. The van der Waals surface area contributed by atoms with Crippen LogP contribution < -0.4 is 11.1 Å². The van der Waals surface area contributed by atoms with Crippen molar-refractivity contribution < 1.29 is 4.79 Å². The molecule has 1 aromatic heterocycles. The number of pyridine rings is 1. The van der Waals surface area contributed by atoms with Crippen molar-refractivity contribution in [1.29, 1.82) is 0 Å². The number of hydrogen-bond acceptors (Lipinski definition) is 4. The smallest absolute Gasteiger partial charge is 0.133 e. The Labute approximate surface area is 98.3 Å². The summed E-state index contributed by atoms with van der Waals surface area (Å²) in [6, 6.07) is 3.98. The Bertz CT molecular complexity index is 227. The Hall–Kier alpha value is -1.26. The summed E-state index contributed by atoms with van der Waals surface area (Å²) in [6.07, 6.45) is 5.54. The SMILES string of the molecule is CCC.CNCc1cccnc1.NCC=O. The van der Waals surface area contributed by atoms with Crippen molar-refractivity contribution in [2.75, 3.05) is 13.6 Å². The molecule has 0 unspecified atom stereocenters. The van der Waals surface area contributed by atoms with Crippen LogP contribution in [0.2, 0.25) is 0 Å². The minimum atomic E-state index is 0.139. The molecular weight excluding hydrogens is 202 g/mol. The second kappa shape index (κ2) is 16.2. The molecule has 0 aliphatic carbocycles. The molecule has 4 heteroatoms. The van der Waals surface area contributed by atoms with E-state index in [1.54, 1.807) is 6.20 Å². The first-order valence-electron chi connectivity index (χ1n) is 5.43. The monoisotopic (exact) mass is 225 g/mol. The van der Waals surface area contributed by atoms with Crippen molar-refractivity contribution in [2.45, 2.75) is 26.8 Å². The number of nitrogens with two attached hydrogens (primary N) is 1. The molecule has 0 bridgehead atoms. The van der Waals surface area contributed by atoms with Gasteiger partial charge in [0.2, 0.25) is 0 Å². The molecule has 0 aromatic carbocycles. The Balaban J connectivity index is 0. The summed E-state index contributed by atoms with van der Waals surface area (Å²) in [7, 11) is 1.92. The number of carbonyl (C=O) groups excluding carboxylic acids is 1. The summed E-state index contributed by atoms with van der Waals surface area (Å²) in [4.78, 5) is 13.0. The van der Waals surface area contributed by atoms with Crippen LogP contribution in [0.4, 0.5) is 0 Å². The molecule has 0 aliphatic heterocycles. The van der Waals surface area contributed by atoms with Crippen molar-refractivity contribution >= 4 is 6.29 Å². The van der Waals surface area contributed by atoms with E-state index >= 15 is 0 Å². The number of nitrogens with zero attached hydrogens (tertiary/aromatic N) is 1. The molecule has 16 heavy (non-hydrogen) atoms. The standard InChI is InChI=1S/C7H10N2.C3H8.C2H5NO/c1-8-5-7-3-2-4-9-6-7;1-3-2;3-1-2-4/h2-4,6,8H,5H2,1H3;3H2,1-2H3;2H,1,3H2. The summed E-state index contributed by atoms with van der Waals surface area (Å²) in [5.41, 5.74) is 5.88. The fraction of sp³-hybridized carbons (Fsp3) is 0.500. The fourth-order valence-corrected chi connectivity index (χ4v) is 0.707. The van der Waals surface area contributed by atoms with E-state index in [0.717, 1.165) is 6.54 Å². The lowest BCUT2D eigenvalue weighted by atomic mass is 10.3. The van der Waals surface area contributed by atoms with Crippen LogP contribution in [-0.4, -0.2) is 24.9 Å². The van der Waals surface area contributed by atoms with Gasteiger partial charge >= 0.3 is 0 Å². The minimum Gasteiger partial charge on any atom is -0.324 e. The molecule has 1 aromatic rings. The highest BCUT2D eigenvalue weighted by Crippen LogP contribution is 1.92. The van der Waals surface area contributed by atoms with Gasteiger partial charge in [0.25, 0.3) is 0 Å². The van der Waals surface area contributed by atoms with Crippen LogP contribution in [0.5, 0.6) is 0 Å². The maximum atomic E-state index is 9.05. The van der Waals surface area contributed by atoms with Gasteiger partial charge < -0.3 is 15.8 Å². The van der Waals surface area contributed by atoms with Crippen LogP contribution in [0.3, 0.4) is 0 Å². The molecule has 0 saturated heterocycles. The third kappa shape index (κ3) is 15.2. The summed E-state index contributed by atoms with van der Waals surface area (Å²) in [6.45, 7) is 5.29. The lowest BCUT2D eigenvalue weighted by Gasteiger charge is -1.95. The van der Waals surface area contributed by atoms with Crippen molar-refractivity contribution in [3.05, 3.63) is 30.1 Å². The lowest BCUT2D eigenvalue weighted by molar-refractivity contribution is -0.106. The van der Waals surface area contributed by atoms with Crippen LogP contribution in [-0.2, 0) is 11.3 Å². The normalized spacial score (nSPS) is 8.00. The van der Waals surface area contributed by atoms with Crippen LogP contribution in [0.1, 0.15) is 25.8 Å². The lowest BCUT2D eigenvalue weighted by Crippen LogP contribution is -2.04. The van der Waals surface area contributed by atoms with E-state index in [9.17, 15) is 0 Å². The summed E-state index contributed by atoms with van der Waals surface area (Å²) < 4.78 is 0. The van der Waals surface area contributed by atoms with Gasteiger partial charge in [0.15, 0.2) is 0 Å². The zero-order valence-electron chi connectivity index (χ0n) is 10.4. The van der Waals surface area contributed by atoms with Gasteiger partial charge in [-0.25, -0.2) is 0 Å². The maximum Gasteiger partial charge on any atom is 0.133 e. The number of aromatic nitrogens is 1. The van der Waals surface area contributed by atoms with E-state index in [2.05, 4.69) is 29.9 Å². The van der Waals surface area contributed by atoms with Gasteiger partial charge in [-0.05, 0) is 18.7 Å². The third-order valence-electron chi connectivity index (χ3n) is 1.20. The predicted molar refractivity (Wildman–Crippen MR) is 68.1 cm³/mol. The van der Waals surface area contributed by atoms with Gasteiger partial charge in [0.05, 0.1) is 0 Å². The first-order chi connectivity index (χ1) is 7.76. The van der Waals surface area contributed by atoms with Crippen molar-refractivity contribution in [1.82, 2.24) is 10.3 Å². The molecule has 4 nitrogen and oxygen atoms in total. The van der Waals surface area contributed by atoms with Gasteiger partial charge in [-0.1, -0.05) is 26.3 Å². The molecule has 1 rings (SSSR count). The van der Waals surface area contributed by atoms with Crippen molar-refractivity contribution in [2.24, 2.45) is 5.73 Å². The van der Waals surface area contributed by atoms with Gasteiger partial charge in [0.1, 0.15) is 6.29 Å². The molecule has 0 atom stereocenters. The highest BCUT2D eigenvalue weighted by Gasteiger charge is 1.84. The quantitative estimate of drug-likeness (QED) is 0.762. The highest BCUT2D eigenvalue weighted by molar-refractivity contribution is 5.51. The van der Waals surface area contributed by atoms with E-state index in [1.807, 2.05) is 25.4 Å². The average Bonchev–Trinajstić information content (AvgIpc) is 2.32. The molecular formula is C12H23N3O. The van der Waals surface area contributed by atoms with Gasteiger partial charge in [-0.15, -0.1) is 0 Å². The number of rotatable bonds is 3. The summed E-state index contributed by atoms with van der Waals surface area (Å²) in [5.74, 6) is 0. The largest absolute Gasteiger partial charge is 0.324 e. The van der Waals surface area contributed by atoms with E-state index < -0.39 is 0 Å². The van der Waals surface area contributed by atoms with E-state index in [-0.39, 0.29) is 6.54 Å². The zero-order valence-corrected chi connectivity index (χ0v) is 10.4. The van der Waals surface area contributed by atoms with E-state index in [1.165, 1.54) is 12.0 Å². The number of nitrogens with one attached hydrogen (secondary N) is 1.